The highest BCUT2D eigenvalue weighted by Crippen LogP contribution is 2.63. The van der Waals surface area contributed by atoms with Gasteiger partial charge < -0.3 is 5.11 Å². The van der Waals surface area contributed by atoms with Gasteiger partial charge in [-0.05, 0) is 29.5 Å². The average molecular weight is 259 g/mol. The summed E-state index contributed by atoms with van der Waals surface area (Å²) < 4.78 is 0. The number of phenolic OH excluding ortho intramolecular Hbond substituents is 1. The van der Waals surface area contributed by atoms with Crippen LogP contribution in [0.4, 0.5) is 0 Å². The number of fused-ring (bicyclic) bond motifs is 1. The summed E-state index contributed by atoms with van der Waals surface area (Å²) >= 11 is 0. The van der Waals surface area contributed by atoms with E-state index in [2.05, 4.69) is 0 Å². The van der Waals surface area contributed by atoms with Crippen molar-refractivity contribution in [1.82, 2.24) is 4.90 Å². The molecule has 1 aliphatic carbocycles. The summed E-state index contributed by atoms with van der Waals surface area (Å²) in [5.74, 6) is -0.00254. The summed E-state index contributed by atoms with van der Waals surface area (Å²) in [5.41, 5.74) is 0.877. The second-order valence-corrected chi connectivity index (χ2v) is 6.02. The first-order valence-corrected chi connectivity index (χ1v) is 6.56. The Morgan fingerprint density at radius 3 is 2.16 bits per heavy atom. The van der Waals surface area contributed by atoms with Gasteiger partial charge in [0.05, 0.1) is 11.8 Å². The summed E-state index contributed by atoms with van der Waals surface area (Å²) in [6, 6.07) is 6.85. The third-order valence-electron chi connectivity index (χ3n) is 4.45. The van der Waals surface area contributed by atoms with Crippen molar-refractivity contribution in [2.24, 2.45) is 17.3 Å². The molecule has 1 heterocycles. The van der Waals surface area contributed by atoms with E-state index in [1.165, 1.54) is 4.90 Å². The molecule has 0 spiro atoms. The lowest BCUT2D eigenvalue weighted by atomic mass is 10.0. The van der Waals surface area contributed by atoms with Crippen molar-refractivity contribution in [2.45, 2.75) is 20.3 Å². The van der Waals surface area contributed by atoms with E-state index in [9.17, 15) is 14.7 Å². The summed E-state index contributed by atoms with van der Waals surface area (Å²) in [4.78, 5) is 25.6. The lowest BCUT2D eigenvalue weighted by molar-refractivity contribution is -0.142. The van der Waals surface area contributed by atoms with Crippen molar-refractivity contribution in [2.75, 3.05) is 6.54 Å². The molecule has 0 bridgehead atoms. The minimum Gasteiger partial charge on any atom is -0.508 e. The minimum atomic E-state index is -0.136. The molecule has 1 saturated heterocycles. The highest BCUT2D eigenvalue weighted by atomic mass is 16.3. The molecule has 1 saturated carbocycles. The Kier molecular flexibility index (Phi) is 2.46. The number of hydrogen-bond donors (Lipinski definition) is 1. The van der Waals surface area contributed by atoms with E-state index < -0.39 is 0 Å². The number of phenols is 1. The van der Waals surface area contributed by atoms with Crippen molar-refractivity contribution in [3.8, 4) is 5.75 Å². The fourth-order valence-corrected chi connectivity index (χ4v) is 3.13. The number of aromatic hydroxyl groups is 1. The van der Waals surface area contributed by atoms with E-state index >= 15 is 0 Å². The zero-order chi connectivity index (χ0) is 13.8. The smallest absolute Gasteiger partial charge is 0.233 e. The van der Waals surface area contributed by atoms with Crippen LogP contribution >= 0.6 is 0 Å². The van der Waals surface area contributed by atoms with E-state index in [0.717, 1.165) is 5.56 Å². The molecule has 0 aromatic heterocycles. The van der Waals surface area contributed by atoms with Crippen molar-refractivity contribution < 1.29 is 14.7 Å². The highest BCUT2D eigenvalue weighted by molar-refractivity contribution is 6.10. The monoisotopic (exact) mass is 259 g/mol. The molecule has 1 N–H and O–H groups in total. The predicted octanol–water partition coefficient (Wildman–Crippen LogP) is 1.58. The molecule has 1 aromatic carbocycles. The number of rotatable bonds is 3. The van der Waals surface area contributed by atoms with Gasteiger partial charge in [-0.3, -0.25) is 14.5 Å². The number of hydrogen-bond acceptors (Lipinski definition) is 3. The fourth-order valence-electron chi connectivity index (χ4n) is 3.13. The van der Waals surface area contributed by atoms with Crippen molar-refractivity contribution in [3.63, 3.8) is 0 Å². The standard InChI is InChI=1S/C15H17NO3/c1-15(2)11-12(15)14(19)16(13(11)18)8-7-9-3-5-10(17)6-4-9/h3-6,11-12,17H,7-8H2,1-2H3. The van der Waals surface area contributed by atoms with E-state index in [0.29, 0.717) is 13.0 Å². The van der Waals surface area contributed by atoms with Crippen LogP contribution < -0.4 is 0 Å². The fraction of sp³-hybridized carbons (Fsp3) is 0.467. The summed E-state index contributed by atoms with van der Waals surface area (Å²) in [5, 5.41) is 9.20. The Morgan fingerprint density at radius 2 is 1.63 bits per heavy atom. The molecule has 2 unspecified atom stereocenters. The van der Waals surface area contributed by atoms with Crippen LogP contribution in [-0.2, 0) is 16.0 Å². The van der Waals surface area contributed by atoms with Crippen molar-refractivity contribution >= 4 is 11.8 Å². The predicted molar refractivity (Wildman–Crippen MR) is 69.3 cm³/mol. The molecular formula is C15H17NO3. The van der Waals surface area contributed by atoms with Gasteiger partial charge in [0.25, 0.3) is 0 Å². The van der Waals surface area contributed by atoms with Crippen LogP contribution in [0.1, 0.15) is 19.4 Å². The maximum atomic E-state index is 12.1. The normalized spacial score (nSPS) is 27.6. The summed E-state index contributed by atoms with van der Waals surface area (Å²) in [6.07, 6.45) is 0.637. The Labute approximate surface area is 112 Å². The van der Waals surface area contributed by atoms with Crippen LogP contribution in [0.25, 0.3) is 0 Å². The second-order valence-electron chi connectivity index (χ2n) is 6.02. The molecule has 19 heavy (non-hydrogen) atoms. The van der Waals surface area contributed by atoms with Gasteiger partial charge in [0.2, 0.25) is 11.8 Å². The van der Waals surface area contributed by atoms with E-state index in [-0.39, 0.29) is 34.8 Å². The molecular weight excluding hydrogens is 242 g/mol. The molecule has 4 nitrogen and oxygen atoms in total. The van der Waals surface area contributed by atoms with E-state index in [4.69, 9.17) is 0 Å². The lowest BCUT2D eigenvalue weighted by Gasteiger charge is -2.20. The third-order valence-corrected chi connectivity index (χ3v) is 4.45. The van der Waals surface area contributed by atoms with Gasteiger partial charge in [-0.25, -0.2) is 0 Å². The second kappa shape index (κ2) is 3.83. The van der Waals surface area contributed by atoms with Gasteiger partial charge in [0.15, 0.2) is 0 Å². The van der Waals surface area contributed by atoms with Crippen LogP contribution in [0, 0.1) is 17.3 Å². The molecule has 100 valence electrons. The number of amides is 2. The molecule has 1 aromatic rings. The SMILES string of the molecule is CC1(C)C2C(=O)N(CCc3ccc(O)cc3)C(=O)C21. The Morgan fingerprint density at radius 1 is 1.11 bits per heavy atom. The van der Waals surface area contributed by atoms with Crippen molar-refractivity contribution in [1.29, 1.82) is 0 Å². The van der Waals surface area contributed by atoms with Gasteiger partial charge >= 0.3 is 0 Å². The van der Waals surface area contributed by atoms with E-state index in [1.54, 1.807) is 12.1 Å². The Bertz CT molecular complexity index is 523. The Balaban J connectivity index is 1.65. The van der Waals surface area contributed by atoms with E-state index in [1.807, 2.05) is 26.0 Å². The highest BCUT2D eigenvalue weighted by Gasteiger charge is 2.72. The maximum Gasteiger partial charge on any atom is 0.233 e. The number of likely N-dealkylation sites (tertiary alicyclic amines) is 1. The minimum absolute atomic E-state index is 0.0150. The maximum absolute atomic E-state index is 12.1. The zero-order valence-electron chi connectivity index (χ0n) is 11.1. The third kappa shape index (κ3) is 1.74. The van der Waals surface area contributed by atoms with Gasteiger partial charge in [0, 0.05) is 6.54 Å². The first kappa shape index (κ1) is 12.2. The first-order valence-electron chi connectivity index (χ1n) is 6.56. The Hall–Kier alpha value is -1.84. The van der Waals surface area contributed by atoms with Crippen LogP contribution in [0.3, 0.4) is 0 Å². The van der Waals surface area contributed by atoms with Gasteiger partial charge in [-0.1, -0.05) is 26.0 Å². The van der Waals surface area contributed by atoms with Crippen LogP contribution in [-0.4, -0.2) is 28.4 Å². The molecule has 3 rings (SSSR count). The molecule has 2 atom stereocenters. The van der Waals surface area contributed by atoms with Crippen molar-refractivity contribution in [3.05, 3.63) is 29.8 Å². The average Bonchev–Trinajstić information content (AvgIpc) is 2.82. The molecule has 4 heteroatoms. The van der Waals surface area contributed by atoms with Crippen LogP contribution in [0.15, 0.2) is 24.3 Å². The van der Waals surface area contributed by atoms with Gasteiger partial charge in [-0.2, -0.15) is 0 Å². The number of carbonyl (C=O) groups is 2. The number of carbonyl (C=O) groups excluding carboxylic acids is 2. The molecule has 2 fully saturated rings. The quantitative estimate of drug-likeness (QED) is 0.838. The molecule has 0 radical (unpaired) electrons. The summed E-state index contributed by atoms with van der Waals surface area (Å²) in [6.45, 7) is 4.40. The van der Waals surface area contributed by atoms with Gasteiger partial charge in [0.1, 0.15) is 5.75 Å². The lowest BCUT2D eigenvalue weighted by Crippen LogP contribution is -2.37. The first-order chi connectivity index (χ1) is 8.93. The largest absolute Gasteiger partial charge is 0.508 e. The number of nitrogens with zero attached hydrogens (tertiary/aromatic N) is 1. The number of piperidine rings is 1. The molecule has 2 amide bonds. The van der Waals surface area contributed by atoms with Gasteiger partial charge in [-0.15, -0.1) is 0 Å². The van der Waals surface area contributed by atoms with Crippen LogP contribution in [0.5, 0.6) is 5.75 Å². The number of benzene rings is 1. The topological polar surface area (TPSA) is 57.6 Å². The molecule has 1 aliphatic heterocycles. The number of imide groups is 1. The molecule has 2 aliphatic rings. The summed E-state index contributed by atoms with van der Waals surface area (Å²) in [7, 11) is 0. The zero-order valence-corrected chi connectivity index (χ0v) is 11.1. The van der Waals surface area contributed by atoms with Crippen LogP contribution in [0.2, 0.25) is 0 Å².